The minimum Gasteiger partial charge on any atom is -0.404 e. The van der Waals surface area contributed by atoms with Crippen molar-refractivity contribution in [2.24, 2.45) is 10.7 Å². The Morgan fingerprint density at radius 2 is 1.89 bits per heavy atom. The van der Waals surface area contributed by atoms with Crippen molar-refractivity contribution in [1.82, 2.24) is 9.97 Å². The molecule has 0 aliphatic carbocycles. The molecule has 0 aliphatic rings. The van der Waals surface area contributed by atoms with E-state index in [0.717, 1.165) is 36.4 Å². The van der Waals surface area contributed by atoms with Crippen LogP contribution in [-0.4, -0.2) is 37.4 Å². The second kappa shape index (κ2) is 10.1. The summed E-state index contributed by atoms with van der Waals surface area (Å²) >= 11 is 0. The number of carbonyl (C=O) groups excluding carboxylic acids is 1. The average Bonchev–Trinajstić information content (AvgIpc) is 3.30. The van der Waals surface area contributed by atoms with Gasteiger partial charge >= 0.3 is 6.18 Å². The molecule has 4 rings (SSSR count). The second-order valence-corrected chi connectivity index (χ2v) is 9.67. The molecule has 0 radical (unpaired) electrons. The Labute approximate surface area is 214 Å². The van der Waals surface area contributed by atoms with Crippen LogP contribution in [0.2, 0.25) is 0 Å². The van der Waals surface area contributed by atoms with Crippen LogP contribution in [-0.2, 0) is 16.2 Å². The number of H-pyrrole nitrogens is 1. The number of pyridine rings is 1. The number of aromatic amines is 1. The van der Waals surface area contributed by atoms with Gasteiger partial charge in [0, 0.05) is 59.6 Å². The van der Waals surface area contributed by atoms with E-state index in [0.29, 0.717) is 28.2 Å². The Morgan fingerprint density at radius 3 is 2.58 bits per heavy atom. The van der Waals surface area contributed by atoms with E-state index >= 15 is 0 Å². The maximum atomic E-state index is 14.7. The number of anilines is 1. The van der Waals surface area contributed by atoms with Crippen LogP contribution in [0.3, 0.4) is 0 Å². The number of benzene rings is 2. The number of nitrogens with two attached hydrogens (primary N) is 1. The molecule has 2 aromatic heterocycles. The number of hydrogen-bond donors (Lipinski definition) is 3. The Hall–Kier alpha value is -4.52. The normalized spacial score (nSPS) is 12.8. The molecule has 13 heteroatoms. The lowest BCUT2D eigenvalue weighted by Gasteiger charge is -2.12. The van der Waals surface area contributed by atoms with Gasteiger partial charge in [-0.15, -0.1) is 0 Å². The van der Waals surface area contributed by atoms with Gasteiger partial charge in [0.2, 0.25) is 0 Å². The highest BCUT2D eigenvalue weighted by atomic mass is 32.2. The van der Waals surface area contributed by atoms with Gasteiger partial charge in [0.25, 0.3) is 10.0 Å². The predicted octanol–water partition coefficient (Wildman–Crippen LogP) is 4.75. The average molecular weight is 546 g/mol. The highest BCUT2D eigenvalue weighted by molar-refractivity contribution is 7.92. The first-order chi connectivity index (χ1) is 17.9. The molecule has 0 atom stereocenters. The van der Waals surface area contributed by atoms with Crippen molar-refractivity contribution < 1.29 is 30.8 Å². The number of allylic oxidation sites excluding steroid dienone is 1. The lowest BCUT2D eigenvalue weighted by molar-refractivity contribution is -0.137. The SMILES string of the molecule is CN=CC(=CN)c1cnc2[nH]cc(C(=O)c3cc(NS(=O)(=O)c4cccc(C(F)(F)F)c4)ccc3F)c2c1. The summed E-state index contributed by atoms with van der Waals surface area (Å²) < 4.78 is 81.4. The molecular weight excluding hydrogens is 526 g/mol. The topological polar surface area (TPSA) is 130 Å². The summed E-state index contributed by atoms with van der Waals surface area (Å²) in [6.07, 6.45) is 0.902. The highest BCUT2D eigenvalue weighted by Crippen LogP contribution is 2.31. The molecule has 0 bridgehead atoms. The predicted molar refractivity (Wildman–Crippen MR) is 135 cm³/mol. The Bertz CT molecular complexity index is 1710. The zero-order valence-electron chi connectivity index (χ0n) is 19.5. The summed E-state index contributed by atoms with van der Waals surface area (Å²) in [5, 5.41) is 0.353. The van der Waals surface area contributed by atoms with Crippen molar-refractivity contribution in [3.8, 4) is 0 Å². The molecule has 4 N–H and O–H groups in total. The van der Waals surface area contributed by atoms with Crippen molar-refractivity contribution in [3.63, 3.8) is 0 Å². The first-order valence-electron chi connectivity index (χ1n) is 10.8. The van der Waals surface area contributed by atoms with Crippen LogP contribution in [0, 0.1) is 5.82 Å². The first kappa shape index (κ1) is 26.5. The van der Waals surface area contributed by atoms with E-state index < -0.39 is 43.8 Å². The molecule has 0 aliphatic heterocycles. The van der Waals surface area contributed by atoms with Gasteiger partial charge in [-0.3, -0.25) is 14.5 Å². The molecule has 8 nitrogen and oxygen atoms in total. The molecule has 196 valence electrons. The number of sulfonamides is 1. The lowest BCUT2D eigenvalue weighted by atomic mass is 10.0. The third-order valence-corrected chi connectivity index (χ3v) is 6.87. The number of fused-ring (bicyclic) bond motifs is 1. The molecule has 0 unspecified atom stereocenters. The molecule has 0 amide bonds. The van der Waals surface area contributed by atoms with Crippen molar-refractivity contribution >= 4 is 44.3 Å². The van der Waals surface area contributed by atoms with Crippen molar-refractivity contribution in [3.05, 3.63) is 95.2 Å². The van der Waals surface area contributed by atoms with Gasteiger partial charge in [-0.1, -0.05) is 6.07 Å². The van der Waals surface area contributed by atoms with Crippen LogP contribution in [0.25, 0.3) is 16.6 Å². The number of ketones is 1. The number of nitrogens with zero attached hydrogens (tertiary/aromatic N) is 2. The zero-order chi connectivity index (χ0) is 27.7. The quantitative estimate of drug-likeness (QED) is 0.175. The summed E-state index contributed by atoms with van der Waals surface area (Å²) in [5.41, 5.74) is 5.26. The molecule has 38 heavy (non-hydrogen) atoms. The van der Waals surface area contributed by atoms with E-state index in [2.05, 4.69) is 19.7 Å². The summed E-state index contributed by atoms with van der Waals surface area (Å²) in [7, 11) is -2.94. The number of nitrogens with one attached hydrogen (secondary N) is 2. The monoisotopic (exact) mass is 545 g/mol. The van der Waals surface area contributed by atoms with Gasteiger partial charge < -0.3 is 10.7 Å². The van der Waals surface area contributed by atoms with Crippen LogP contribution >= 0.6 is 0 Å². The Morgan fingerprint density at radius 1 is 1.13 bits per heavy atom. The highest BCUT2D eigenvalue weighted by Gasteiger charge is 2.31. The number of rotatable bonds is 7. The maximum absolute atomic E-state index is 14.7. The molecule has 0 saturated carbocycles. The fraction of sp³-hybridized carbons (Fsp3) is 0.0800. The van der Waals surface area contributed by atoms with E-state index in [-0.39, 0.29) is 11.3 Å². The largest absolute Gasteiger partial charge is 0.416 e. The van der Waals surface area contributed by atoms with Crippen molar-refractivity contribution in [2.45, 2.75) is 11.1 Å². The molecule has 0 saturated heterocycles. The molecule has 2 heterocycles. The molecule has 0 spiro atoms. The van der Waals surface area contributed by atoms with Crippen molar-refractivity contribution in [1.29, 1.82) is 0 Å². The third kappa shape index (κ3) is 5.27. The zero-order valence-corrected chi connectivity index (χ0v) is 20.4. The number of aliphatic imine (C=N–C) groups is 1. The number of carbonyl (C=O) groups is 1. The summed E-state index contributed by atoms with van der Waals surface area (Å²) in [4.78, 5) is 23.6. The van der Waals surface area contributed by atoms with Crippen molar-refractivity contribution in [2.75, 3.05) is 11.8 Å². The smallest absolute Gasteiger partial charge is 0.404 e. The van der Waals surface area contributed by atoms with Crippen LogP contribution in [0.15, 0.2) is 77.0 Å². The van der Waals surface area contributed by atoms with Gasteiger partial charge in [0.15, 0.2) is 5.78 Å². The number of hydrogen-bond acceptors (Lipinski definition) is 6. The van der Waals surface area contributed by atoms with Crippen LogP contribution in [0.1, 0.15) is 27.0 Å². The van der Waals surface area contributed by atoms with E-state index in [1.165, 1.54) is 24.8 Å². The maximum Gasteiger partial charge on any atom is 0.416 e. The number of aromatic nitrogens is 2. The van der Waals surface area contributed by atoms with E-state index in [1.807, 2.05) is 0 Å². The van der Waals surface area contributed by atoms with Crippen LogP contribution in [0.5, 0.6) is 0 Å². The van der Waals surface area contributed by atoms with Gasteiger partial charge in [0.1, 0.15) is 11.5 Å². The van der Waals surface area contributed by atoms with Crippen LogP contribution < -0.4 is 10.5 Å². The Kier molecular flexibility index (Phi) is 7.05. The summed E-state index contributed by atoms with van der Waals surface area (Å²) in [6, 6.07) is 7.65. The number of alkyl halides is 3. The third-order valence-electron chi connectivity index (χ3n) is 5.49. The van der Waals surface area contributed by atoms with Crippen LogP contribution in [0.4, 0.5) is 23.2 Å². The van der Waals surface area contributed by atoms with Gasteiger partial charge in [-0.05, 0) is 42.5 Å². The van der Waals surface area contributed by atoms with E-state index in [1.54, 1.807) is 13.1 Å². The van der Waals surface area contributed by atoms with Gasteiger partial charge in [0.05, 0.1) is 16.0 Å². The standard InChI is InChI=1S/C25H19F4N5O3S/c1-31-11-15(10-30)14-7-19-21(13-33-24(19)32-12-14)23(35)20-9-17(5-6-22(20)26)34-38(36,37)18-4-2-3-16(8-18)25(27,28)29/h2-13,34H,30H2,1H3,(H,32,33). The lowest BCUT2D eigenvalue weighted by Crippen LogP contribution is -2.15. The van der Waals surface area contributed by atoms with Gasteiger partial charge in [-0.2, -0.15) is 13.2 Å². The summed E-state index contributed by atoms with van der Waals surface area (Å²) in [6.45, 7) is 0. The Balaban J connectivity index is 1.70. The van der Waals surface area contributed by atoms with E-state index in [9.17, 15) is 30.8 Å². The number of halogens is 4. The molecule has 2 aromatic carbocycles. The fourth-order valence-corrected chi connectivity index (χ4v) is 4.76. The van der Waals surface area contributed by atoms with Gasteiger partial charge in [-0.25, -0.2) is 17.8 Å². The minimum atomic E-state index is -4.75. The van der Waals surface area contributed by atoms with E-state index in [4.69, 9.17) is 5.73 Å². The second-order valence-electron chi connectivity index (χ2n) is 7.99. The fourth-order valence-electron chi connectivity index (χ4n) is 3.66. The molecular formula is C25H19F4N5O3S. The summed E-state index contributed by atoms with van der Waals surface area (Å²) in [5.74, 6) is -1.72. The first-order valence-corrected chi connectivity index (χ1v) is 12.3. The molecule has 0 fully saturated rings. The molecule has 4 aromatic rings. The minimum absolute atomic E-state index is 0.0518.